The van der Waals surface area contributed by atoms with Crippen LogP contribution in [0.2, 0.25) is 0 Å². The third-order valence-electron chi connectivity index (χ3n) is 4.23. The predicted octanol–water partition coefficient (Wildman–Crippen LogP) is 2.87. The number of hydrogen-bond donors (Lipinski definition) is 0. The quantitative estimate of drug-likeness (QED) is 0.479. The highest BCUT2D eigenvalue weighted by Gasteiger charge is 2.45. The van der Waals surface area contributed by atoms with Crippen molar-refractivity contribution in [3.05, 3.63) is 10.1 Å². The molecule has 0 saturated heterocycles. The molecule has 0 aromatic rings. The van der Waals surface area contributed by atoms with Gasteiger partial charge in [-0.1, -0.05) is 19.8 Å². The summed E-state index contributed by atoms with van der Waals surface area (Å²) in [7, 11) is 0. The van der Waals surface area contributed by atoms with E-state index >= 15 is 0 Å². The fourth-order valence-electron chi connectivity index (χ4n) is 3.48. The van der Waals surface area contributed by atoms with E-state index in [1.165, 1.54) is 25.7 Å². The molecule has 0 aliphatic heterocycles. The van der Waals surface area contributed by atoms with Crippen molar-refractivity contribution >= 4 is 0 Å². The summed E-state index contributed by atoms with van der Waals surface area (Å²) in [4.78, 5) is 11.0. The lowest BCUT2D eigenvalue weighted by atomic mass is 9.65. The normalized spacial score (nSPS) is 42.9. The van der Waals surface area contributed by atoms with Crippen LogP contribution in [0.3, 0.4) is 0 Å². The Balaban J connectivity index is 2.13. The summed E-state index contributed by atoms with van der Waals surface area (Å²) in [5.74, 6) is 1.35. The number of fused-ring (bicyclic) bond motifs is 1. The van der Waals surface area contributed by atoms with Crippen LogP contribution in [-0.2, 0) is 0 Å². The summed E-state index contributed by atoms with van der Waals surface area (Å²) in [6.45, 7) is 2.05. The van der Waals surface area contributed by atoms with Crippen LogP contribution in [-0.4, -0.2) is 11.0 Å². The Hall–Kier alpha value is -0.600. The zero-order valence-corrected chi connectivity index (χ0v) is 8.82. The smallest absolute Gasteiger partial charge is 0.218 e. The minimum atomic E-state index is -0.242. The number of nitrogens with zero attached hydrogens (tertiary/aromatic N) is 1. The van der Waals surface area contributed by atoms with Crippen molar-refractivity contribution in [3.8, 4) is 0 Å². The fraction of sp³-hybridized carbons (Fsp3) is 1.00. The molecule has 3 heteroatoms. The molecule has 2 aliphatic carbocycles. The van der Waals surface area contributed by atoms with Gasteiger partial charge in [-0.25, -0.2) is 0 Å². The zero-order valence-electron chi connectivity index (χ0n) is 8.82. The van der Waals surface area contributed by atoms with Crippen LogP contribution in [0.25, 0.3) is 0 Å². The average Bonchev–Trinajstić information content (AvgIpc) is 2.17. The van der Waals surface area contributed by atoms with Crippen LogP contribution in [0.15, 0.2) is 0 Å². The van der Waals surface area contributed by atoms with E-state index in [2.05, 4.69) is 6.92 Å². The third kappa shape index (κ3) is 1.64. The van der Waals surface area contributed by atoms with Gasteiger partial charge < -0.3 is 0 Å². The standard InChI is InChI=1S/C11H19NO2/c1-8-6-7-9-4-2-3-5-10(9)11(8)12(13)14/h8-11H,2-7H2,1H3. The summed E-state index contributed by atoms with van der Waals surface area (Å²) < 4.78 is 0. The van der Waals surface area contributed by atoms with E-state index in [1.54, 1.807) is 0 Å². The molecule has 0 heterocycles. The van der Waals surface area contributed by atoms with Gasteiger partial charge in [-0.3, -0.25) is 10.1 Å². The summed E-state index contributed by atoms with van der Waals surface area (Å²) in [6, 6.07) is -0.242. The molecule has 2 rings (SSSR count). The van der Waals surface area contributed by atoms with Gasteiger partial charge >= 0.3 is 0 Å². The molecule has 80 valence electrons. The third-order valence-corrected chi connectivity index (χ3v) is 4.23. The highest BCUT2D eigenvalue weighted by molar-refractivity contribution is 4.88. The predicted molar refractivity (Wildman–Crippen MR) is 54.6 cm³/mol. The highest BCUT2D eigenvalue weighted by atomic mass is 16.6. The first-order chi connectivity index (χ1) is 6.70. The van der Waals surface area contributed by atoms with E-state index in [4.69, 9.17) is 0 Å². The topological polar surface area (TPSA) is 43.1 Å². The molecule has 2 saturated carbocycles. The van der Waals surface area contributed by atoms with Crippen molar-refractivity contribution in [3.63, 3.8) is 0 Å². The highest BCUT2D eigenvalue weighted by Crippen LogP contribution is 2.43. The molecule has 0 aromatic carbocycles. The molecular weight excluding hydrogens is 178 g/mol. The van der Waals surface area contributed by atoms with Crippen LogP contribution >= 0.6 is 0 Å². The Morgan fingerprint density at radius 2 is 1.86 bits per heavy atom. The Bertz CT molecular complexity index is 229. The Morgan fingerprint density at radius 3 is 2.57 bits per heavy atom. The molecule has 0 spiro atoms. The Kier molecular flexibility index (Phi) is 2.75. The van der Waals surface area contributed by atoms with Gasteiger partial charge in [0.2, 0.25) is 6.04 Å². The van der Waals surface area contributed by atoms with Gasteiger partial charge in [0.25, 0.3) is 0 Å². The molecule has 14 heavy (non-hydrogen) atoms. The van der Waals surface area contributed by atoms with Crippen LogP contribution in [0, 0.1) is 27.9 Å². The molecule has 2 aliphatic rings. The molecule has 0 bridgehead atoms. The molecule has 2 fully saturated rings. The van der Waals surface area contributed by atoms with Crippen molar-refractivity contribution in [2.75, 3.05) is 0 Å². The van der Waals surface area contributed by atoms with Crippen molar-refractivity contribution in [1.82, 2.24) is 0 Å². The van der Waals surface area contributed by atoms with Crippen molar-refractivity contribution in [1.29, 1.82) is 0 Å². The van der Waals surface area contributed by atoms with E-state index in [0.29, 0.717) is 17.8 Å². The molecule has 0 radical (unpaired) electrons. The van der Waals surface area contributed by atoms with Gasteiger partial charge in [0.1, 0.15) is 0 Å². The van der Waals surface area contributed by atoms with Crippen LogP contribution in [0.4, 0.5) is 0 Å². The lowest BCUT2D eigenvalue weighted by Gasteiger charge is -2.39. The van der Waals surface area contributed by atoms with Gasteiger partial charge in [-0.2, -0.15) is 0 Å². The molecule has 0 N–H and O–H groups in total. The average molecular weight is 197 g/mol. The zero-order chi connectivity index (χ0) is 10.1. The fourth-order valence-corrected chi connectivity index (χ4v) is 3.48. The summed E-state index contributed by atoms with van der Waals surface area (Å²) in [6.07, 6.45) is 7.13. The number of rotatable bonds is 1. The first-order valence-electron chi connectivity index (χ1n) is 5.83. The number of hydrogen-bond acceptors (Lipinski definition) is 2. The Labute approximate surface area is 85.0 Å². The van der Waals surface area contributed by atoms with Gasteiger partial charge in [0.05, 0.1) is 0 Å². The maximum Gasteiger partial charge on any atom is 0.218 e. The second kappa shape index (κ2) is 3.87. The lowest BCUT2D eigenvalue weighted by Crippen LogP contribution is -2.44. The lowest BCUT2D eigenvalue weighted by molar-refractivity contribution is -0.547. The van der Waals surface area contributed by atoms with E-state index in [0.717, 1.165) is 12.8 Å². The van der Waals surface area contributed by atoms with E-state index in [1.807, 2.05) is 0 Å². The molecular formula is C11H19NO2. The van der Waals surface area contributed by atoms with Crippen LogP contribution < -0.4 is 0 Å². The van der Waals surface area contributed by atoms with Crippen molar-refractivity contribution in [2.45, 2.75) is 51.5 Å². The first kappa shape index (κ1) is 9.94. The first-order valence-corrected chi connectivity index (χ1v) is 5.83. The summed E-state index contributed by atoms with van der Waals surface area (Å²) >= 11 is 0. The van der Waals surface area contributed by atoms with E-state index in [9.17, 15) is 10.1 Å². The van der Waals surface area contributed by atoms with E-state index < -0.39 is 0 Å². The van der Waals surface area contributed by atoms with Crippen molar-refractivity contribution < 1.29 is 4.92 Å². The van der Waals surface area contributed by atoms with Crippen LogP contribution in [0.5, 0.6) is 0 Å². The Morgan fingerprint density at radius 1 is 1.14 bits per heavy atom. The molecule has 4 unspecified atom stereocenters. The summed E-state index contributed by atoms with van der Waals surface area (Å²) in [5.41, 5.74) is 0. The summed E-state index contributed by atoms with van der Waals surface area (Å²) in [5, 5.41) is 11.0. The molecule has 3 nitrogen and oxygen atoms in total. The van der Waals surface area contributed by atoms with Gasteiger partial charge in [0.15, 0.2) is 0 Å². The van der Waals surface area contributed by atoms with Crippen molar-refractivity contribution in [2.24, 2.45) is 17.8 Å². The van der Waals surface area contributed by atoms with Gasteiger partial charge in [-0.05, 0) is 31.6 Å². The SMILES string of the molecule is CC1CCC2CCCCC2C1[N+](=O)[O-]. The second-order valence-corrected chi connectivity index (χ2v) is 5.04. The van der Waals surface area contributed by atoms with Crippen LogP contribution in [0.1, 0.15) is 45.4 Å². The van der Waals surface area contributed by atoms with Gasteiger partial charge in [0, 0.05) is 16.8 Å². The van der Waals surface area contributed by atoms with Gasteiger partial charge in [-0.15, -0.1) is 0 Å². The minimum absolute atomic E-state index is 0.00713. The minimum Gasteiger partial charge on any atom is -0.264 e. The van der Waals surface area contributed by atoms with E-state index in [-0.39, 0.29) is 11.0 Å². The molecule has 0 aromatic heterocycles. The second-order valence-electron chi connectivity index (χ2n) is 5.04. The number of nitro groups is 1. The largest absolute Gasteiger partial charge is 0.264 e. The maximum atomic E-state index is 11.0. The monoisotopic (exact) mass is 197 g/mol. The molecule has 0 amide bonds. The molecule has 4 atom stereocenters. The maximum absolute atomic E-state index is 11.0.